The van der Waals surface area contributed by atoms with Gasteiger partial charge in [0, 0.05) is 11.8 Å². The second-order valence-electron chi connectivity index (χ2n) is 4.07. The Morgan fingerprint density at radius 3 is 3.00 bits per heavy atom. The summed E-state index contributed by atoms with van der Waals surface area (Å²) in [5, 5.41) is 10.8. The molecule has 0 bridgehead atoms. The van der Waals surface area contributed by atoms with Crippen LogP contribution in [0.2, 0.25) is 10.3 Å². The summed E-state index contributed by atoms with van der Waals surface area (Å²) in [4.78, 5) is 11.9. The van der Waals surface area contributed by atoms with Gasteiger partial charge in [-0.2, -0.15) is 11.8 Å². The Labute approximate surface area is 120 Å². The number of halogens is 2. The largest absolute Gasteiger partial charge is 0.351 e. The summed E-state index contributed by atoms with van der Waals surface area (Å²) in [6.45, 7) is 0.653. The minimum Gasteiger partial charge on any atom is -0.351 e. The van der Waals surface area contributed by atoms with Gasteiger partial charge in [0.1, 0.15) is 0 Å². The van der Waals surface area contributed by atoms with E-state index >= 15 is 0 Å². The van der Waals surface area contributed by atoms with Gasteiger partial charge in [-0.05, 0) is 24.7 Å². The van der Waals surface area contributed by atoms with Gasteiger partial charge in [-0.3, -0.25) is 4.79 Å². The predicted molar refractivity (Wildman–Crippen MR) is 74.5 cm³/mol. The fourth-order valence-corrected chi connectivity index (χ4v) is 3.35. The Balaban J connectivity index is 1.92. The molecule has 18 heavy (non-hydrogen) atoms. The number of carbonyl (C=O) groups is 1. The minimum atomic E-state index is -0.247. The van der Waals surface area contributed by atoms with Crippen molar-refractivity contribution in [3.63, 3.8) is 0 Å². The SMILES string of the molecule is O=C(NCC1CCCCS1)c1cc(Cl)nnc1Cl. The maximum Gasteiger partial charge on any atom is 0.254 e. The Morgan fingerprint density at radius 1 is 1.44 bits per heavy atom. The maximum atomic E-state index is 11.9. The molecule has 1 aliphatic heterocycles. The quantitative estimate of drug-likeness (QED) is 0.933. The van der Waals surface area contributed by atoms with E-state index in [0.29, 0.717) is 11.8 Å². The van der Waals surface area contributed by atoms with Gasteiger partial charge in [-0.1, -0.05) is 29.6 Å². The van der Waals surface area contributed by atoms with Crippen LogP contribution in [0.15, 0.2) is 6.07 Å². The predicted octanol–water partition coefficient (Wildman–Crippen LogP) is 2.80. The standard InChI is InChI=1S/C11H13Cl2N3OS/c12-9-5-8(10(13)16-15-9)11(17)14-6-7-3-1-2-4-18-7/h5,7H,1-4,6H2,(H,14,17). The first-order valence-electron chi connectivity index (χ1n) is 5.75. The molecule has 1 fully saturated rings. The zero-order chi connectivity index (χ0) is 13.0. The van der Waals surface area contributed by atoms with Crippen molar-refractivity contribution in [3.05, 3.63) is 21.9 Å². The van der Waals surface area contributed by atoms with Crippen LogP contribution < -0.4 is 5.32 Å². The second kappa shape index (κ2) is 6.59. The van der Waals surface area contributed by atoms with E-state index in [2.05, 4.69) is 15.5 Å². The third-order valence-corrected chi connectivity index (χ3v) is 4.59. The van der Waals surface area contributed by atoms with Crippen LogP contribution in [0.5, 0.6) is 0 Å². The number of carbonyl (C=O) groups excluding carboxylic acids is 1. The lowest BCUT2D eigenvalue weighted by molar-refractivity contribution is 0.0953. The van der Waals surface area contributed by atoms with E-state index in [-0.39, 0.29) is 21.8 Å². The van der Waals surface area contributed by atoms with Crippen molar-refractivity contribution >= 4 is 40.9 Å². The number of nitrogens with zero attached hydrogens (tertiary/aromatic N) is 2. The van der Waals surface area contributed by atoms with Crippen molar-refractivity contribution in [1.82, 2.24) is 15.5 Å². The Bertz CT molecular complexity index is 438. The molecule has 98 valence electrons. The molecule has 0 spiro atoms. The summed E-state index contributed by atoms with van der Waals surface area (Å²) in [5.74, 6) is 0.923. The number of amides is 1. The Kier molecular flexibility index (Phi) is 5.09. The first kappa shape index (κ1) is 13.9. The molecule has 7 heteroatoms. The Morgan fingerprint density at radius 2 is 2.28 bits per heavy atom. The molecule has 0 aliphatic carbocycles. The molecule has 1 atom stereocenters. The smallest absolute Gasteiger partial charge is 0.254 e. The van der Waals surface area contributed by atoms with E-state index in [1.807, 2.05) is 11.8 Å². The average molecular weight is 306 g/mol. The van der Waals surface area contributed by atoms with Crippen LogP contribution in [-0.4, -0.2) is 33.7 Å². The first-order valence-corrected chi connectivity index (χ1v) is 7.56. The minimum absolute atomic E-state index is 0.0770. The molecular formula is C11H13Cl2N3OS. The van der Waals surface area contributed by atoms with E-state index in [1.54, 1.807) is 0 Å². The number of hydrogen-bond donors (Lipinski definition) is 1. The fourth-order valence-electron chi connectivity index (χ4n) is 1.78. The van der Waals surface area contributed by atoms with E-state index in [9.17, 15) is 4.79 Å². The van der Waals surface area contributed by atoms with Gasteiger partial charge in [-0.25, -0.2) is 0 Å². The van der Waals surface area contributed by atoms with Crippen LogP contribution in [-0.2, 0) is 0 Å². The fraction of sp³-hybridized carbons (Fsp3) is 0.545. The van der Waals surface area contributed by atoms with Crippen LogP contribution in [0.3, 0.4) is 0 Å². The molecule has 1 aliphatic rings. The van der Waals surface area contributed by atoms with Gasteiger partial charge < -0.3 is 5.32 Å². The summed E-state index contributed by atoms with van der Waals surface area (Å²) < 4.78 is 0. The van der Waals surface area contributed by atoms with Crippen molar-refractivity contribution in [3.8, 4) is 0 Å². The summed E-state index contributed by atoms with van der Waals surface area (Å²) in [6.07, 6.45) is 3.65. The lowest BCUT2D eigenvalue weighted by Gasteiger charge is -2.21. The molecule has 0 radical (unpaired) electrons. The van der Waals surface area contributed by atoms with Crippen molar-refractivity contribution in [2.75, 3.05) is 12.3 Å². The zero-order valence-corrected chi connectivity index (χ0v) is 12.0. The van der Waals surface area contributed by atoms with Gasteiger partial charge in [0.15, 0.2) is 10.3 Å². The highest BCUT2D eigenvalue weighted by atomic mass is 35.5. The van der Waals surface area contributed by atoms with Crippen LogP contribution in [0, 0.1) is 0 Å². The highest BCUT2D eigenvalue weighted by molar-refractivity contribution is 7.99. The normalized spacial score (nSPS) is 19.6. The lowest BCUT2D eigenvalue weighted by atomic mass is 10.2. The molecule has 1 aromatic heterocycles. The molecule has 1 aromatic rings. The molecule has 0 saturated carbocycles. The molecule has 1 unspecified atom stereocenters. The number of thioether (sulfide) groups is 1. The topological polar surface area (TPSA) is 54.9 Å². The van der Waals surface area contributed by atoms with Gasteiger partial charge in [0.2, 0.25) is 0 Å². The molecule has 1 saturated heterocycles. The first-order chi connectivity index (χ1) is 8.66. The zero-order valence-electron chi connectivity index (χ0n) is 9.66. The summed E-state index contributed by atoms with van der Waals surface area (Å²) in [7, 11) is 0. The van der Waals surface area contributed by atoms with E-state index in [0.717, 1.165) is 6.42 Å². The summed E-state index contributed by atoms with van der Waals surface area (Å²) >= 11 is 13.4. The molecule has 2 heterocycles. The molecule has 0 aromatic carbocycles. The molecule has 1 N–H and O–H groups in total. The summed E-state index contributed by atoms with van der Waals surface area (Å²) in [5.41, 5.74) is 0.275. The van der Waals surface area contributed by atoms with Crippen molar-refractivity contribution in [2.45, 2.75) is 24.5 Å². The van der Waals surface area contributed by atoms with Crippen molar-refractivity contribution < 1.29 is 4.79 Å². The maximum absolute atomic E-state index is 11.9. The molecule has 2 rings (SSSR count). The third kappa shape index (κ3) is 3.73. The highest BCUT2D eigenvalue weighted by Gasteiger charge is 2.17. The van der Waals surface area contributed by atoms with Crippen LogP contribution in [0.1, 0.15) is 29.6 Å². The van der Waals surface area contributed by atoms with Gasteiger partial charge in [0.05, 0.1) is 5.56 Å². The van der Waals surface area contributed by atoms with Gasteiger partial charge in [0.25, 0.3) is 5.91 Å². The van der Waals surface area contributed by atoms with Crippen molar-refractivity contribution in [2.24, 2.45) is 0 Å². The molecular weight excluding hydrogens is 293 g/mol. The average Bonchev–Trinajstić information content (AvgIpc) is 2.40. The number of hydrogen-bond acceptors (Lipinski definition) is 4. The number of nitrogens with one attached hydrogen (secondary N) is 1. The van der Waals surface area contributed by atoms with E-state index in [1.165, 1.54) is 24.7 Å². The highest BCUT2D eigenvalue weighted by Crippen LogP contribution is 2.24. The van der Waals surface area contributed by atoms with Crippen molar-refractivity contribution in [1.29, 1.82) is 0 Å². The van der Waals surface area contributed by atoms with Gasteiger partial charge >= 0.3 is 0 Å². The van der Waals surface area contributed by atoms with E-state index < -0.39 is 0 Å². The monoisotopic (exact) mass is 305 g/mol. The molecule has 1 amide bonds. The Hall–Kier alpha value is -0.520. The third-order valence-electron chi connectivity index (χ3n) is 2.73. The van der Waals surface area contributed by atoms with Crippen LogP contribution in [0.4, 0.5) is 0 Å². The van der Waals surface area contributed by atoms with Crippen LogP contribution in [0.25, 0.3) is 0 Å². The lowest BCUT2D eigenvalue weighted by Crippen LogP contribution is -2.32. The number of rotatable bonds is 3. The number of aromatic nitrogens is 2. The van der Waals surface area contributed by atoms with Crippen LogP contribution >= 0.6 is 35.0 Å². The molecule has 4 nitrogen and oxygen atoms in total. The van der Waals surface area contributed by atoms with Gasteiger partial charge in [-0.15, -0.1) is 10.2 Å². The second-order valence-corrected chi connectivity index (χ2v) is 6.22. The summed E-state index contributed by atoms with van der Waals surface area (Å²) in [6, 6.07) is 1.43. The van der Waals surface area contributed by atoms with E-state index in [4.69, 9.17) is 23.2 Å².